The number of allylic oxidation sites excluding steroid dienone is 5. The summed E-state index contributed by atoms with van der Waals surface area (Å²) in [5.74, 6) is -0.240. The average molecular weight is 428 g/mol. The van der Waals surface area contributed by atoms with E-state index in [1.165, 1.54) is 28.6 Å². The molecule has 1 aliphatic heterocycles. The molecule has 1 aromatic rings. The number of hydrogen-bond donors (Lipinski definition) is 2. The number of benzene rings is 1. The molecule has 0 spiro atoms. The minimum absolute atomic E-state index is 0.240. The highest BCUT2D eigenvalue weighted by Gasteiger charge is 2.22. The van der Waals surface area contributed by atoms with Crippen LogP contribution in [0.2, 0.25) is 0 Å². The molecule has 30 heavy (non-hydrogen) atoms. The Labute approximate surface area is 184 Å². The molecule has 1 heterocycles. The van der Waals surface area contributed by atoms with Crippen LogP contribution in [0.5, 0.6) is 0 Å². The summed E-state index contributed by atoms with van der Waals surface area (Å²) in [4.78, 5) is 18.7. The van der Waals surface area contributed by atoms with Gasteiger partial charge in [0.25, 0.3) is 5.91 Å². The fraction of sp³-hybridized carbons (Fsp3) is 0.375. The first-order valence-electron chi connectivity index (χ1n) is 10.6. The number of nitrogens with zero attached hydrogens (tertiary/aromatic N) is 1. The van der Waals surface area contributed by atoms with Gasteiger partial charge in [0.2, 0.25) is 0 Å². The standard InChI is InChI=1S/C24H30ClN3O2/c1-2-30-27-24(29)10-7-16-26-15-5-6-17-28-22-9-4-3-8-19(22)11-12-20-13-14-21(25)18-23(20)28/h3-4,7-10,12,14,18,26H,2,5-6,11,13,15-17H2,1H3,(H,27,29)/b10-7+. The zero-order valence-corrected chi connectivity index (χ0v) is 18.3. The van der Waals surface area contributed by atoms with Crippen LogP contribution in [-0.2, 0) is 16.1 Å². The van der Waals surface area contributed by atoms with E-state index in [-0.39, 0.29) is 5.91 Å². The van der Waals surface area contributed by atoms with E-state index in [9.17, 15) is 4.79 Å². The summed E-state index contributed by atoms with van der Waals surface area (Å²) in [6, 6.07) is 8.63. The SMILES string of the molecule is CCONC(=O)/C=C/CNCCCCN1C2=CC(Cl)=CCC2=CCc2ccccc21. The maximum absolute atomic E-state index is 11.4. The number of hydrogen-bond acceptors (Lipinski definition) is 4. The van der Waals surface area contributed by atoms with Crippen molar-refractivity contribution in [2.24, 2.45) is 0 Å². The number of carbonyl (C=O) groups is 1. The van der Waals surface area contributed by atoms with Crippen LogP contribution in [0.3, 0.4) is 0 Å². The lowest BCUT2D eigenvalue weighted by atomic mass is 10.0. The van der Waals surface area contributed by atoms with Gasteiger partial charge in [0.05, 0.1) is 6.61 Å². The lowest BCUT2D eigenvalue weighted by Gasteiger charge is -2.30. The summed E-state index contributed by atoms with van der Waals surface area (Å²) in [6.45, 7) is 4.78. The highest BCUT2D eigenvalue weighted by Crippen LogP contribution is 2.36. The number of unbranched alkanes of at least 4 members (excludes halogenated alkanes) is 1. The molecule has 0 saturated carbocycles. The second-order valence-electron chi connectivity index (χ2n) is 7.25. The van der Waals surface area contributed by atoms with Crippen LogP contribution in [0.1, 0.15) is 31.7 Å². The highest BCUT2D eigenvalue weighted by molar-refractivity contribution is 6.31. The van der Waals surface area contributed by atoms with E-state index in [0.717, 1.165) is 43.8 Å². The summed E-state index contributed by atoms with van der Waals surface area (Å²) in [6.07, 6.45) is 13.7. The summed E-state index contributed by atoms with van der Waals surface area (Å²) in [5, 5.41) is 4.16. The van der Waals surface area contributed by atoms with Crippen molar-refractivity contribution >= 4 is 23.2 Å². The predicted molar refractivity (Wildman–Crippen MR) is 123 cm³/mol. The number of hydroxylamine groups is 1. The molecule has 5 nitrogen and oxygen atoms in total. The van der Waals surface area contributed by atoms with Crippen molar-refractivity contribution in [3.8, 4) is 0 Å². The average Bonchev–Trinajstić information content (AvgIpc) is 2.91. The first kappa shape index (κ1) is 22.3. The number of nitrogens with one attached hydrogen (secondary N) is 2. The van der Waals surface area contributed by atoms with E-state index in [4.69, 9.17) is 16.4 Å². The van der Waals surface area contributed by atoms with Gasteiger partial charge in [-0.3, -0.25) is 9.63 Å². The van der Waals surface area contributed by atoms with Gasteiger partial charge < -0.3 is 10.2 Å². The molecule has 0 bridgehead atoms. The quantitative estimate of drug-likeness (QED) is 0.330. The first-order valence-corrected chi connectivity index (χ1v) is 11.0. The Morgan fingerprint density at radius 3 is 2.97 bits per heavy atom. The van der Waals surface area contributed by atoms with Crippen molar-refractivity contribution in [2.75, 3.05) is 31.1 Å². The number of anilines is 1. The van der Waals surface area contributed by atoms with Crippen molar-refractivity contribution in [1.29, 1.82) is 0 Å². The van der Waals surface area contributed by atoms with Gasteiger partial charge in [-0.15, -0.1) is 0 Å². The van der Waals surface area contributed by atoms with Crippen LogP contribution in [-0.4, -0.2) is 32.1 Å². The smallest absolute Gasteiger partial charge is 0.267 e. The van der Waals surface area contributed by atoms with Gasteiger partial charge in [-0.05, 0) is 62.4 Å². The van der Waals surface area contributed by atoms with E-state index in [0.29, 0.717) is 13.2 Å². The molecule has 0 atom stereocenters. The van der Waals surface area contributed by atoms with Crippen molar-refractivity contribution < 1.29 is 9.63 Å². The molecule has 0 radical (unpaired) electrons. The molecule has 1 aromatic carbocycles. The Morgan fingerprint density at radius 2 is 2.10 bits per heavy atom. The topological polar surface area (TPSA) is 53.6 Å². The Kier molecular flexibility index (Phi) is 8.75. The fourth-order valence-corrected chi connectivity index (χ4v) is 3.81. The van der Waals surface area contributed by atoms with Crippen LogP contribution >= 0.6 is 11.6 Å². The molecular weight excluding hydrogens is 398 g/mol. The number of fused-ring (bicyclic) bond motifs is 2. The van der Waals surface area contributed by atoms with Crippen LogP contribution in [0.25, 0.3) is 0 Å². The maximum atomic E-state index is 11.4. The summed E-state index contributed by atoms with van der Waals surface area (Å²) < 4.78 is 0. The fourth-order valence-electron chi connectivity index (χ4n) is 3.63. The maximum Gasteiger partial charge on any atom is 0.267 e. The Hall–Kier alpha value is -2.34. The molecular formula is C24H30ClN3O2. The highest BCUT2D eigenvalue weighted by atomic mass is 35.5. The van der Waals surface area contributed by atoms with E-state index in [1.807, 2.05) is 6.92 Å². The third-order valence-electron chi connectivity index (χ3n) is 5.10. The van der Waals surface area contributed by atoms with Crippen LogP contribution in [0.4, 0.5) is 5.69 Å². The summed E-state index contributed by atoms with van der Waals surface area (Å²) in [7, 11) is 0. The predicted octanol–water partition coefficient (Wildman–Crippen LogP) is 4.38. The summed E-state index contributed by atoms with van der Waals surface area (Å²) in [5.41, 5.74) is 7.54. The van der Waals surface area contributed by atoms with Crippen molar-refractivity contribution in [3.63, 3.8) is 0 Å². The largest absolute Gasteiger partial charge is 0.341 e. The van der Waals surface area contributed by atoms with Crippen molar-refractivity contribution in [2.45, 2.75) is 32.6 Å². The molecule has 2 aliphatic rings. The van der Waals surface area contributed by atoms with Crippen LogP contribution in [0.15, 0.2) is 70.9 Å². The molecule has 0 unspecified atom stereocenters. The Bertz CT molecular complexity index is 858. The van der Waals surface area contributed by atoms with Gasteiger partial charge >= 0.3 is 0 Å². The van der Waals surface area contributed by atoms with Gasteiger partial charge in [0.1, 0.15) is 0 Å². The number of para-hydroxylation sites is 1. The zero-order chi connectivity index (χ0) is 21.2. The monoisotopic (exact) mass is 427 g/mol. The van der Waals surface area contributed by atoms with Gasteiger partial charge in [0, 0.05) is 35.6 Å². The third-order valence-corrected chi connectivity index (χ3v) is 5.36. The first-order chi connectivity index (χ1) is 14.7. The second-order valence-corrected chi connectivity index (χ2v) is 7.69. The van der Waals surface area contributed by atoms with Gasteiger partial charge in [-0.1, -0.05) is 48.0 Å². The number of amides is 1. The number of rotatable bonds is 10. The number of halogens is 1. The molecule has 0 fully saturated rings. The normalized spacial score (nSPS) is 15.7. The molecule has 6 heteroatoms. The van der Waals surface area contributed by atoms with Crippen LogP contribution < -0.4 is 15.7 Å². The molecule has 3 rings (SSSR count). The zero-order valence-electron chi connectivity index (χ0n) is 17.5. The van der Waals surface area contributed by atoms with E-state index in [1.54, 1.807) is 6.08 Å². The second kappa shape index (κ2) is 11.7. The molecule has 1 aliphatic carbocycles. The number of carbonyl (C=O) groups excluding carboxylic acids is 1. The molecule has 1 amide bonds. The van der Waals surface area contributed by atoms with E-state index < -0.39 is 0 Å². The van der Waals surface area contributed by atoms with E-state index in [2.05, 4.69) is 58.2 Å². The minimum Gasteiger partial charge on any atom is -0.341 e. The van der Waals surface area contributed by atoms with Crippen molar-refractivity contribution in [1.82, 2.24) is 10.8 Å². The molecule has 160 valence electrons. The lowest BCUT2D eigenvalue weighted by Crippen LogP contribution is -2.27. The van der Waals surface area contributed by atoms with Gasteiger partial charge in [0.15, 0.2) is 0 Å². The third kappa shape index (κ3) is 6.33. The van der Waals surface area contributed by atoms with E-state index >= 15 is 0 Å². The molecule has 2 N–H and O–H groups in total. The Balaban J connectivity index is 1.50. The van der Waals surface area contributed by atoms with Gasteiger partial charge in [-0.25, -0.2) is 5.48 Å². The minimum atomic E-state index is -0.240. The van der Waals surface area contributed by atoms with Crippen LogP contribution in [0, 0.1) is 0 Å². The van der Waals surface area contributed by atoms with Crippen molar-refractivity contribution in [3.05, 3.63) is 76.5 Å². The van der Waals surface area contributed by atoms with Gasteiger partial charge in [-0.2, -0.15) is 0 Å². The summed E-state index contributed by atoms with van der Waals surface area (Å²) >= 11 is 6.34. The lowest BCUT2D eigenvalue weighted by molar-refractivity contribution is -0.128. The molecule has 0 saturated heterocycles. The Morgan fingerprint density at radius 1 is 1.23 bits per heavy atom. The molecule has 0 aromatic heterocycles.